The lowest BCUT2D eigenvalue weighted by atomic mass is 10.4. The average Bonchev–Trinajstić information content (AvgIpc) is 2.62. The van der Waals surface area contributed by atoms with Crippen LogP contribution in [0.3, 0.4) is 0 Å². The zero-order chi connectivity index (χ0) is 12.3. The molecule has 2 N–H and O–H groups in total. The van der Waals surface area contributed by atoms with Crippen molar-refractivity contribution in [3.8, 4) is 11.8 Å². The molecule has 1 aliphatic rings. The Labute approximate surface area is 97.7 Å². The van der Waals surface area contributed by atoms with Crippen LogP contribution < -0.4 is 4.84 Å². The first-order valence-corrected chi connectivity index (χ1v) is 5.28. The Morgan fingerprint density at radius 2 is 1.88 bits per heavy atom. The molecule has 94 valence electrons. The van der Waals surface area contributed by atoms with Gasteiger partial charge in [0.15, 0.2) is 0 Å². The van der Waals surface area contributed by atoms with Crippen molar-refractivity contribution in [3.63, 3.8) is 0 Å². The molecule has 7 nitrogen and oxygen atoms in total. The van der Waals surface area contributed by atoms with Gasteiger partial charge in [0.2, 0.25) is 11.8 Å². The van der Waals surface area contributed by atoms with Gasteiger partial charge in [-0.15, -0.1) is 4.73 Å². The fraction of sp³-hybridized carbons (Fsp3) is 0.500. The lowest BCUT2D eigenvalue weighted by Crippen LogP contribution is -2.41. The fourth-order valence-corrected chi connectivity index (χ4v) is 1.57. The van der Waals surface area contributed by atoms with Crippen LogP contribution in [0.25, 0.3) is 0 Å². The molecule has 17 heavy (non-hydrogen) atoms. The SMILES string of the molecule is O=C(CN1CCOCC1)On1c(O)ccc1O. The van der Waals surface area contributed by atoms with Crippen molar-refractivity contribution in [3.05, 3.63) is 12.1 Å². The Balaban J connectivity index is 1.88. The number of nitrogens with zero attached hydrogens (tertiary/aromatic N) is 2. The maximum Gasteiger partial charge on any atom is 0.347 e. The topological polar surface area (TPSA) is 84.2 Å². The number of ether oxygens (including phenoxy) is 1. The van der Waals surface area contributed by atoms with Crippen molar-refractivity contribution in [2.24, 2.45) is 0 Å². The van der Waals surface area contributed by atoms with Gasteiger partial charge in [0.25, 0.3) is 0 Å². The Morgan fingerprint density at radius 3 is 2.47 bits per heavy atom. The van der Waals surface area contributed by atoms with Crippen LogP contribution in [0, 0.1) is 0 Å². The third kappa shape index (κ3) is 2.89. The third-order valence-electron chi connectivity index (χ3n) is 2.45. The van der Waals surface area contributed by atoms with Crippen molar-refractivity contribution in [2.75, 3.05) is 32.8 Å². The molecule has 0 amide bonds. The second-order valence-corrected chi connectivity index (χ2v) is 3.70. The standard InChI is InChI=1S/C10H14N2O5/c13-8-1-2-9(14)12(8)17-10(15)7-11-3-5-16-6-4-11/h1-2,13-14H,3-7H2. The molecule has 0 atom stereocenters. The van der Waals surface area contributed by atoms with Crippen LogP contribution in [-0.4, -0.2) is 58.7 Å². The van der Waals surface area contributed by atoms with Crippen molar-refractivity contribution >= 4 is 5.97 Å². The average molecular weight is 242 g/mol. The summed E-state index contributed by atoms with van der Waals surface area (Å²) >= 11 is 0. The van der Waals surface area contributed by atoms with E-state index in [1.165, 1.54) is 12.1 Å². The quantitative estimate of drug-likeness (QED) is 0.721. The summed E-state index contributed by atoms with van der Waals surface area (Å²) in [6, 6.07) is 2.47. The van der Waals surface area contributed by atoms with Crippen molar-refractivity contribution < 1.29 is 24.6 Å². The molecule has 0 bridgehead atoms. The van der Waals surface area contributed by atoms with Gasteiger partial charge in [0, 0.05) is 25.2 Å². The van der Waals surface area contributed by atoms with Crippen molar-refractivity contribution in [2.45, 2.75) is 0 Å². The molecule has 0 spiro atoms. The molecule has 1 aromatic rings. The summed E-state index contributed by atoms with van der Waals surface area (Å²) in [6.45, 7) is 2.61. The van der Waals surface area contributed by atoms with E-state index >= 15 is 0 Å². The minimum absolute atomic E-state index is 0.0976. The van der Waals surface area contributed by atoms with Gasteiger partial charge in [-0.25, -0.2) is 4.79 Å². The lowest BCUT2D eigenvalue weighted by molar-refractivity contribution is -0.147. The smallest absolute Gasteiger partial charge is 0.347 e. The monoisotopic (exact) mass is 242 g/mol. The molecular weight excluding hydrogens is 228 g/mol. The van der Waals surface area contributed by atoms with Crippen LogP contribution in [0.4, 0.5) is 0 Å². The molecule has 1 aromatic heterocycles. The predicted octanol–water partition coefficient (Wildman–Crippen LogP) is -0.813. The van der Waals surface area contributed by atoms with Crippen LogP contribution in [0.1, 0.15) is 0 Å². The van der Waals surface area contributed by atoms with Gasteiger partial charge in [-0.1, -0.05) is 0 Å². The maximum atomic E-state index is 11.5. The lowest BCUT2D eigenvalue weighted by Gasteiger charge is -2.25. The molecule has 1 fully saturated rings. The second kappa shape index (κ2) is 5.07. The molecule has 2 rings (SSSR count). The maximum absolute atomic E-state index is 11.5. The highest BCUT2D eigenvalue weighted by Crippen LogP contribution is 2.18. The Hall–Kier alpha value is -1.73. The number of hydrogen-bond donors (Lipinski definition) is 2. The Morgan fingerprint density at radius 1 is 1.29 bits per heavy atom. The number of rotatable bonds is 3. The predicted molar refractivity (Wildman–Crippen MR) is 56.6 cm³/mol. The molecule has 0 unspecified atom stereocenters. The van der Waals surface area contributed by atoms with Crippen molar-refractivity contribution in [1.29, 1.82) is 0 Å². The summed E-state index contributed by atoms with van der Waals surface area (Å²) in [5.74, 6) is -1.19. The minimum Gasteiger partial charge on any atom is -0.492 e. The van der Waals surface area contributed by atoms with Crippen molar-refractivity contribution in [1.82, 2.24) is 9.63 Å². The van der Waals surface area contributed by atoms with E-state index in [0.29, 0.717) is 31.0 Å². The summed E-state index contributed by atoms with van der Waals surface area (Å²) in [7, 11) is 0. The van der Waals surface area contributed by atoms with Gasteiger partial charge < -0.3 is 19.8 Å². The molecule has 1 saturated heterocycles. The fourth-order valence-electron chi connectivity index (χ4n) is 1.57. The summed E-state index contributed by atoms with van der Waals surface area (Å²) in [5.41, 5.74) is 0. The van der Waals surface area contributed by atoms with E-state index in [9.17, 15) is 15.0 Å². The first-order chi connectivity index (χ1) is 8.16. The highest BCUT2D eigenvalue weighted by atomic mass is 16.7. The van der Waals surface area contributed by atoms with Gasteiger partial charge >= 0.3 is 5.97 Å². The molecule has 0 aromatic carbocycles. The zero-order valence-electron chi connectivity index (χ0n) is 9.20. The number of carbonyl (C=O) groups excluding carboxylic acids is 1. The van der Waals surface area contributed by atoms with Gasteiger partial charge in [-0.05, 0) is 0 Å². The molecule has 0 radical (unpaired) electrons. The number of carbonyl (C=O) groups is 1. The zero-order valence-corrected chi connectivity index (χ0v) is 9.20. The number of aromatic nitrogens is 1. The van der Waals surface area contributed by atoms with E-state index in [1.807, 2.05) is 4.90 Å². The van der Waals surface area contributed by atoms with E-state index in [1.54, 1.807) is 0 Å². The van der Waals surface area contributed by atoms with E-state index in [2.05, 4.69) is 0 Å². The molecule has 0 aliphatic carbocycles. The minimum atomic E-state index is -0.547. The third-order valence-corrected chi connectivity index (χ3v) is 2.45. The molecule has 2 heterocycles. The van der Waals surface area contributed by atoms with E-state index in [4.69, 9.17) is 9.57 Å². The van der Waals surface area contributed by atoms with Gasteiger partial charge in [0.1, 0.15) is 0 Å². The van der Waals surface area contributed by atoms with Crippen LogP contribution in [0.15, 0.2) is 12.1 Å². The van der Waals surface area contributed by atoms with Gasteiger partial charge in [-0.3, -0.25) is 4.90 Å². The molecule has 1 aliphatic heterocycles. The van der Waals surface area contributed by atoms with Gasteiger partial charge in [-0.2, -0.15) is 0 Å². The van der Waals surface area contributed by atoms with E-state index in [-0.39, 0.29) is 18.3 Å². The Kier molecular flexibility index (Phi) is 3.50. The first kappa shape index (κ1) is 11.7. The van der Waals surface area contributed by atoms with Crippen LogP contribution in [-0.2, 0) is 9.53 Å². The van der Waals surface area contributed by atoms with Crippen LogP contribution in [0.5, 0.6) is 11.8 Å². The summed E-state index contributed by atoms with van der Waals surface area (Å²) < 4.78 is 5.83. The molecular formula is C10H14N2O5. The highest BCUT2D eigenvalue weighted by molar-refractivity contribution is 5.72. The second-order valence-electron chi connectivity index (χ2n) is 3.70. The first-order valence-electron chi connectivity index (χ1n) is 5.28. The van der Waals surface area contributed by atoms with Crippen LogP contribution >= 0.6 is 0 Å². The normalized spacial score (nSPS) is 16.9. The van der Waals surface area contributed by atoms with Crippen LogP contribution in [0.2, 0.25) is 0 Å². The number of hydrogen-bond acceptors (Lipinski definition) is 6. The van der Waals surface area contributed by atoms with E-state index < -0.39 is 5.97 Å². The number of aromatic hydroxyl groups is 2. The molecule has 0 saturated carbocycles. The number of morpholine rings is 1. The Bertz CT molecular complexity index is 378. The molecule has 7 heteroatoms. The largest absolute Gasteiger partial charge is 0.492 e. The van der Waals surface area contributed by atoms with Gasteiger partial charge in [0.05, 0.1) is 19.8 Å². The summed E-state index contributed by atoms with van der Waals surface area (Å²) in [6.07, 6.45) is 0. The van der Waals surface area contributed by atoms with E-state index in [0.717, 1.165) is 0 Å². The summed E-state index contributed by atoms with van der Waals surface area (Å²) in [4.78, 5) is 18.2. The summed E-state index contributed by atoms with van der Waals surface area (Å²) in [5, 5.41) is 18.6. The highest BCUT2D eigenvalue weighted by Gasteiger charge is 2.17.